The molecule has 18 heteroatoms. The van der Waals surface area contributed by atoms with Crippen LogP contribution in [-0.2, 0) is 52.7 Å². The Labute approximate surface area is 560 Å². The van der Waals surface area contributed by atoms with E-state index in [1.54, 1.807) is 21.3 Å². The predicted molar refractivity (Wildman–Crippen MR) is 368 cm³/mol. The molecule has 486 valence electrons. The number of methoxy groups -OCH3 is 3. The van der Waals surface area contributed by atoms with Gasteiger partial charge in [-0.25, -0.2) is 0 Å². The third-order valence-corrected chi connectivity index (χ3v) is 18.6. The second kappa shape index (κ2) is 34.3. The molecule has 93 heavy (non-hydrogen) atoms. The van der Waals surface area contributed by atoms with Gasteiger partial charge in [0.15, 0.2) is 17.1 Å². The average Bonchev–Trinajstić information content (AvgIpc) is 1.84. The quantitative estimate of drug-likeness (QED) is 0.0379. The third kappa shape index (κ3) is 18.5. The van der Waals surface area contributed by atoms with Crippen LogP contribution in [-0.4, -0.2) is 89.5 Å². The number of aromatic amines is 3. The van der Waals surface area contributed by atoms with Crippen molar-refractivity contribution in [2.24, 2.45) is 0 Å². The fraction of sp³-hybridized carbons (Fsp3) is 0.360. The molecule has 3 aliphatic carbocycles. The number of carbonyl (C=O) groups excluding carboxylic acids is 3. The van der Waals surface area contributed by atoms with E-state index in [4.69, 9.17) is 49.0 Å². The van der Waals surface area contributed by atoms with Crippen LogP contribution < -0.4 is 16.0 Å². The summed E-state index contributed by atoms with van der Waals surface area (Å²) in [6, 6.07) is 53.0. The number of hydrogen-bond acceptors (Lipinski definition) is 9. The van der Waals surface area contributed by atoms with Crippen LogP contribution in [0.1, 0.15) is 192 Å². The first-order chi connectivity index (χ1) is 45.5. The van der Waals surface area contributed by atoms with Crippen LogP contribution in [0.4, 0.5) is 0 Å². The maximum atomic E-state index is 13.2. The molecule has 0 bridgehead atoms. The highest BCUT2D eigenvalue weighted by Crippen LogP contribution is 2.37. The molecule has 6 N–H and O–H groups in total. The summed E-state index contributed by atoms with van der Waals surface area (Å²) in [4.78, 5) is 39.6. The van der Waals surface area contributed by atoms with Gasteiger partial charge in [0.1, 0.15) is 0 Å². The highest BCUT2D eigenvalue weighted by Gasteiger charge is 2.32. The van der Waals surface area contributed by atoms with Crippen molar-refractivity contribution in [2.75, 3.05) is 41.2 Å². The Hall–Kier alpha value is -7.89. The van der Waals surface area contributed by atoms with Crippen molar-refractivity contribution in [3.8, 4) is 0 Å². The van der Waals surface area contributed by atoms with E-state index in [-0.39, 0.29) is 35.8 Å². The van der Waals surface area contributed by atoms with E-state index in [0.717, 1.165) is 162 Å². The summed E-state index contributed by atoms with van der Waals surface area (Å²) in [6.45, 7) is 1.21. The molecule has 6 atom stereocenters. The van der Waals surface area contributed by atoms with Crippen LogP contribution >= 0.6 is 34.8 Å². The number of carbonyl (C=O) groups is 3. The Morgan fingerprint density at radius 2 is 0.688 bits per heavy atom. The number of amides is 3. The minimum absolute atomic E-state index is 0.160. The largest absolute Gasteiger partial charge is 0.382 e. The summed E-state index contributed by atoms with van der Waals surface area (Å²) in [5.41, 5.74) is 14.6. The molecule has 15 nitrogen and oxygen atoms in total. The molecule has 6 aromatic carbocycles. The Kier molecular flexibility index (Phi) is 25.1. The number of aromatic nitrogens is 6. The van der Waals surface area contributed by atoms with Gasteiger partial charge in [-0.05, 0) is 147 Å². The Bertz CT molecular complexity index is 3450. The molecule has 9 aromatic rings. The lowest BCUT2D eigenvalue weighted by Gasteiger charge is -2.18. The van der Waals surface area contributed by atoms with Crippen molar-refractivity contribution in [1.29, 1.82) is 0 Å². The first-order valence-electron chi connectivity index (χ1n) is 32.5. The molecule has 0 aliphatic heterocycles. The lowest BCUT2D eigenvalue weighted by Crippen LogP contribution is -2.32. The van der Waals surface area contributed by atoms with Crippen LogP contribution in [0, 0.1) is 0 Å². The van der Waals surface area contributed by atoms with Crippen LogP contribution in [0.5, 0.6) is 0 Å². The molecular weight excluding hydrogens is 1230 g/mol. The van der Waals surface area contributed by atoms with E-state index in [2.05, 4.69) is 64.7 Å². The van der Waals surface area contributed by atoms with Crippen molar-refractivity contribution in [2.45, 2.75) is 132 Å². The summed E-state index contributed by atoms with van der Waals surface area (Å²) in [5.74, 6) is 0.419. The molecule has 0 spiro atoms. The second-order valence-electron chi connectivity index (χ2n) is 24.4. The highest BCUT2D eigenvalue weighted by molar-refractivity contribution is 6.31. The molecular formula is C75H84Cl3N9O6. The zero-order chi connectivity index (χ0) is 64.9. The van der Waals surface area contributed by atoms with E-state index >= 15 is 0 Å². The number of H-pyrrole nitrogens is 3. The highest BCUT2D eigenvalue weighted by atomic mass is 35.5. The number of hydrogen-bond donors (Lipinski definition) is 6. The lowest BCUT2D eigenvalue weighted by molar-refractivity contribution is 0.0883. The Morgan fingerprint density at radius 1 is 0.409 bits per heavy atom. The Balaban J connectivity index is 0.000000153. The molecule has 3 aromatic heterocycles. The summed E-state index contributed by atoms with van der Waals surface area (Å²) < 4.78 is 16.0. The fourth-order valence-electron chi connectivity index (χ4n) is 13.3. The van der Waals surface area contributed by atoms with Gasteiger partial charge in [0.2, 0.25) is 0 Å². The van der Waals surface area contributed by atoms with Crippen molar-refractivity contribution < 1.29 is 28.6 Å². The number of rotatable bonds is 21. The zero-order valence-electron chi connectivity index (χ0n) is 53.2. The van der Waals surface area contributed by atoms with Crippen molar-refractivity contribution in [3.63, 3.8) is 0 Å². The van der Waals surface area contributed by atoms with E-state index in [0.29, 0.717) is 54.7 Å². The van der Waals surface area contributed by atoms with Gasteiger partial charge in [-0.2, -0.15) is 15.3 Å². The maximum absolute atomic E-state index is 13.2. The molecule has 3 heterocycles. The molecule has 0 unspecified atom stereocenters. The van der Waals surface area contributed by atoms with Gasteiger partial charge in [0, 0.05) is 87.9 Å². The van der Waals surface area contributed by atoms with Gasteiger partial charge in [-0.3, -0.25) is 29.7 Å². The topological polar surface area (TPSA) is 201 Å². The van der Waals surface area contributed by atoms with Crippen LogP contribution in [0.25, 0.3) is 0 Å². The number of fused-ring (bicyclic) bond motifs is 3. The average molecular weight is 1310 g/mol. The van der Waals surface area contributed by atoms with E-state index in [1.807, 2.05) is 146 Å². The molecule has 3 aliphatic rings. The van der Waals surface area contributed by atoms with Gasteiger partial charge >= 0.3 is 0 Å². The maximum Gasteiger partial charge on any atom is 0.272 e. The van der Waals surface area contributed by atoms with E-state index in [1.165, 1.54) is 16.7 Å². The van der Waals surface area contributed by atoms with Crippen LogP contribution in [0.3, 0.4) is 0 Å². The van der Waals surface area contributed by atoms with Crippen molar-refractivity contribution in [1.82, 2.24) is 46.5 Å². The van der Waals surface area contributed by atoms with Gasteiger partial charge < -0.3 is 30.2 Å². The van der Waals surface area contributed by atoms with E-state index in [9.17, 15) is 14.4 Å². The zero-order valence-corrected chi connectivity index (χ0v) is 55.5. The minimum atomic E-state index is -0.223. The van der Waals surface area contributed by atoms with Gasteiger partial charge in [-0.1, -0.05) is 181 Å². The van der Waals surface area contributed by atoms with Crippen LogP contribution in [0.15, 0.2) is 164 Å². The fourth-order valence-corrected chi connectivity index (χ4v) is 14.0. The summed E-state index contributed by atoms with van der Waals surface area (Å²) in [7, 11) is 4.93. The van der Waals surface area contributed by atoms with Crippen LogP contribution in [0.2, 0.25) is 15.1 Å². The first kappa shape index (κ1) is 68.0. The van der Waals surface area contributed by atoms with Gasteiger partial charge in [-0.15, -0.1) is 0 Å². The van der Waals surface area contributed by atoms with Crippen molar-refractivity contribution >= 4 is 52.5 Å². The normalized spacial score (nSPS) is 16.9. The lowest BCUT2D eigenvalue weighted by atomic mass is 9.91. The number of ether oxygens (including phenoxy) is 3. The molecule has 3 amide bonds. The van der Waals surface area contributed by atoms with Crippen molar-refractivity contribution in [3.05, 3.63) is 263 Å². The predicted octanol–water partition coefficient (Wildman–Crippen LogP) is 15.7. The smallest absolute Gasteiger partial charge is 0.272 e. The second-order valence-corrected chi connectivity index (χ2v) is 25.7. The van der Waals surface area contributed by atoms with Gasteiger partial charge in [0.05, 0.1) is 37.9 Å². The SMILES string of the molecule is COC[C@@H](NC(=O)c1n[nH]c2c1CCCC[C@@H]2Cc1cccc(Cl)c1)c1ccccc1.COC[C@@H](NC(=O)c1n[nH]c2c1CCCC[C@H]2Cc1cccc(Cl)c1)c1ccccc1.COC[C@H](NC(=O)c1n[nH]c2c1CCCC[C@H]2Cc1cccc(Cl)c1)c1ccccc1. The van der Waals surface area contributed by atoms with Gasteiger partial charge in [0.25, 0.3) is 17.7 Å². The first-order valence-corrected chi connectivity index (χ1v) is 33.6. The molecule has 0 saturated heterocycles. The third-order valence-electron chi connectivity index (χ3n) is 17.9. The minimum Gasteiger partial charge on any atom is -0.382 e. The monoisotopic (exact) mass is 1310 g/mol. The number of benzene rings is 6. The molecule has 0 radical (unpaired) electrons. The Morgan fingerprint density at radius 3 is 0.946 bits per heavy atom. The molecule has 12 rings (SSSR count). The number of halogens is 3. The molecule has 0 fully saturated rings. The van der Waals surface area contributed by atoms with E-state index < -0.39 is 0 Å². The summed E-state index contributed by atoms with van der Waals surface area (Å²) >= 11 is 18.5. The summed E-state index contributed by atoms with van der Waals surface area (Å²) in [5, 5.41) is 34.6. The number of nitrogens with zero attached hydrogens (tertiary/aromatic N) is 3. The number of nitrogens with one attached hydrogen (secondary N) is 6. The summed E-state index contributed by atoms with van der Waals surface area (Å²) in [6.07, 6.45) is 15.0. The standard InChI is InChI=1S/3C25H28ClN3O2/c3*1-31-16-22(18-9-3-2-4-10-18)27-25(30)24-21-13-6-5-11-19(23(21)28-29-24)14-17-8-7-12-20(26)15-17/h3*2-4,7-10,12,15,19,22H,5-6,11,13-14,16H2,1H3,(H,27,30)(H,28,29)/t19-,22+;2*19-,22-/m010/s1. The molecule has 0 saturated carbocycles.